The van der Waals surface area contributed by atoms with Gasteiger partial charge >= 0.3 is 0 Å². The summed E-state index contributed by atoms with van der Waals surface area (Å²) in [6.45, 7) is 0. The highest BCUT2D eigenvalue weighted by Crippen LogP contribution is 2.36. The van der Waals surface area contributed by atoms with Crippen molar-refractivity contribution in [3.05, 3.63) is 24.3 Å². The molecule has 98 valence electrons. The van der Waals surface area contributed by atoms with Crippen molar-refractivity contribution >= 4 is 76.4 Å². The Morgan fingerprint density at radius 2 is 1.17 bits per heavy atom. The predicted molar refractivity (Wildman–Crippen MR) is 92.6 cm³/mol. The Balaban J connectivity index is 2.42. The van der Waals surface area contributed by atoms with Crippen molar-refractivity contribution in [2.45, 2.75) is 9.79 Å². The maximum absolute atomic E-state index is 4.95. The first-order valence-electron chi connectivity index (χ1n) is 4.60. The molecule has 0 unspecified atom stereocenters. The lowest BCUT2D eigenvalue weighted by molar-refractivity contribution is 0.426. The van der Waals surface area contributed by atoms with Crippen LogP contribution in [0.4, 0.5) is 0 Å². The molecule has 0 N–H and O–H groups in total. The van der Waals surface area contributed by atoms with E-state index in [4.69, 9.17) is 33.9 Å². The molecule has 0 aromatic heterocycles. The monoisotopic (exact) mass is 354 g/mol. The van der Waals surface area contributed by atoms with Gasteiger partial charge in [-0.25, -0.2) is 0 Å². The van der Waals surface area contributed by atoms with E-state index < -0.39 is 0 Å². The van der Waals surface area contributed by atoms with Crippen LogP contribution in [0.15, 0.2) is 34.1 Å². The number of methoxy groups -OCH3 is 2. The van der Waals surface area contributed by atoms with Gasteiger partial charge in [-0.3, -0.25) is 0 Å². The number of hydrogen-bond donors (Lipinski definition) is 0. The zero-order valence-electron chi connectivity index (χ0n) is 9.58. The van der Waals surface area contributed by atoms with Gasteiger partial charge in [-0.05, 0) is 91.9 Å². The molecule has 0 spiro atoms. The third-order valence-electron chi connectivity index (χ3n) is 1.57. The fraction of sp³-hybridized carbons (Fsp3) is 0.200. The second kappa shape index (κ2) is 9.33. The molecule has 0 atom stereocenters. The molecule has 8 heteroatoms. The zero-order valence-corrected chi connectivity index (χ0v) is 14.5. The molecule has 18 heavy (non-hydrogen) atoms. The van der Waals surface area contributed by atoms with E-state index in [1.54, 1.807) is 35.8 Å². The summed E-state index contributed by atoms with van der Waals surface area (Å²) in [4.78, 5) is 2.26. The molecule has 1 rings (SSSR count). The molecule has 0 aliphatic carbocycles. The van der Waals surface area contributed by atoms with Gasteiger partial charge in [0.2, 0.25) is 8.77 Å². The van der Waals surface area contributed by atoms with Crippen LogP contribution in [0, 0.1) is 0 Å². The molecule has 2 nitrogen and oxygen atoms in total. The van der Waals surface area contributed by atoms with Gasteiger partial charge in [-0.2, -0.15) is 0 Å². The quantitative estimate of drug-likeness (QED) is 0.546. The first kappa shape index (κ1) is 16.5. The van der Waals surface area contributed by atoms with E-state index in [1.807, 2.05) is 24.3 Å². The summed E-state index contributed by atoms with van der Waals surface area (Å²) in [7, 11) is 9.16. The van der Waals surface area contributed by atoms with E-state index in [0.717, 1.165) is 9.79 Å². The number of ether oxygens (including phenoxy) is 2. The third kappa shape index (κ3) is 6.53. The van der Waals surface area contributed by atoms with Gasteiger partial charge in [0.1, 0.15) is 0 Å². The van der Waals surface area contributed by atoms with Gasteiger partial charge in [-0.1, -0.05) is 0 Å². The van der Waals surface area contributed by atoms with Gasteiger partial charge in [0.25, 0.3) is 0 Å². The van der Waals surface area contributed by atoms with Crippen molar-refractivity contribution in [2.24, 2.45) is 0 Å². The summed E-state index contributed by atoms with van der Waals surface area (Å²) in [5.74, 6) is 0. The van der Waals surface area contributed by atoms with Crippen molar-refractivity contribution in [3.63, 3.8) is 0 Å². The van der Waals surface area contributed by atoms with Crippen LogP contribution in [0.2, 0.25) is 0 Å². The lowest BCUT2D eigenvalue weighted by Gasteiger charge is -2.03. The van der Waals surface area contributed by atoms with E-state index in [0.29, 0.717) is 8.77 Å². The lowest BCUT2D eigenvalue weighted by Crippen LogP contribution is -1.86. The molecule has 0 saturated carbocycles. The van der Waals surface area contributed by atoms with Gasteiger partial charge in [0, 0.05) is 9.79 Å². The largest absolute Gasteiger partial charge is 0.481 e. The molecule has 0 fully saturated rings. The summed E-state index contributed by atoms with van der Waals surface area (Å²) < 4.78 is 10.9. The van der Waals surface area contributed by atoms with Crippen LogP contribution in [0.25, 0.3) is 0 Å². The van der Waals surface area contributed by atoms with E-state index >= 15 is 0 Å². The van der Waals surface area contributed by atoms with Crippen LogP contribution in [0.3, 0.4) is 0 Å². The maximum atomic E-state index is 4.95. The average molecular weight is 355 g/mol. The van der Waals surface area contributed by atoms with Gasteiger partial charge in [0.05, 0.1) is 14.2 Å². The fourth-order valence-electron chi connectivity index (χ4n) is 0.783. The molecule has 0 heterocycles. The molecule has 1 aromatic rings. The predicted octanol–water partition coefficient (Wildman–Crippen LogP) is 5.03. The first-order valence-corrected chi connectivity index (χ1v) is 9.72. The average Bonchev–Trinajstić information content (AvgIpc) is 2.43. The normalized spacial score (nSPS) is 9.89. The molecule has 0 bridgehead atoms. The minimum atomic E-state index is 0.527. The van der Waals surface area contributed by atoms with E-state index in [2.05, 4.69) is 0 Å². The molecular weight excluding hydrogens is 345 g/mol. The zero-order chi connectivity index (χ0) is 13.4. The van der Waals surface area contributed by atoms with Crippen molar-refractivity contribution in [3.8, 4) is 0 Å². The summed E-state index contributed by atoms with van der Waals surface area (Å²) in [6.07, 6.45) is 0. The van der Waals surface area contributed by atoms with Gasteiger partial charge in [0.15, 0.2) is 0 Å². The molecule has 0 radical (unpaired) electrons. The second-order valence-electron chi connectivity index (χ2n) is 2.71. The molecule has 0 aliphatic rings. The van der Waals surface area contributed by atoms with Crippen LogP contribution in [-0.4, -0.2) is 23.0 Å². The Labute approximate surface area is 133 Å². The first-order chi connectivity index (χ1) is 8.65. The summed E-state index contributed by atoms with van der Waals surface area (Å²) in [5, 5.41) is 0. The minimum absolute atomic E-state index is 0.527. The molecule has 1 aromatic carbocycles. The van der Waals surface area contributed by atoms with Gasteiger partial charge in [-0.15, -0.1) is 0 Å². The summed E-state index contributed by atoms with van der Waals surface area (Å²) >= 11 is 9.90. The minimum Gasteiger partial charge on any atom is -0.481 e. The van der Waals surface area contributed by atoms with Crippen molar-refractivity contribution < 1.29 is 9.47 Å². The van der Waals surface area contributed by atoms with E-state index in [1.165, 1.54) is 21.6 Å². The van der Waals surface area contributed by atoms with E-state index in [-0.39, 0.29) is 0 Å². The topological polar surface area (TPSA) is 18.5 Å². The Morgan fingerprint density at radius 1 is 0.833 bits per heavy atom. The van der Waals surface area contributed by atoms with Crippen LogP contribution < -0.4 is 0 Å². The van der Waals surface area contributed by atoms with Crippen LogP contribution >= 0.6 is 67.6 Å². The van der Waals surface area contributed by atoms with Crippen LogP contribution in [0.1, 0.15) is 0 Å². The molecule has 0 amide bonds. The Bertz CT molecular complexity index is 366. The smallest absolute Gasteiger partial charge is 0.230 e. The van der Waals surface area contributed by atoms with Crippen LogP contribution in [0.5, 0.6) is 0 Å². The highest BCUT2D eigenvalue weighted by Gasteiger charge is 2.02. The van der Waals surface area contributed by atoms with Crippen molar-refractivity contribution in [1.29, 1.82) is 0 Å². The summed E-state index contributed by atoms with van der Waals surface area (Å²) in [6, 6.07) is 8.15. The lowest BCUT2D eigenvalue weighted by atomic mass is 10.4. The SMILES string of the molecule is COC(=S)SSc1ccc(SSC(=S)OC)cc1. The van der Waals surface area contributed by atoms with Crippen LogP contribution in [-0.2, 0) is 9.47 Å². The van der Waals surface area contributed by atoms with Crippen molar-refractivity contribution in [2.75, 3.05) is 14.2 Å². The van der Waals surface area contributed by atoms with Crippen molar-refractivity contribution in [1.82, 2.24) is 0 Å². The molecule has 0 aliphatic heterocycles. The van der Waals surface area contributed by atoms with E-state index in [9.17, 15) is 0 Å². The third-order valence-corrected chi connectivity index (χ3v) is 7.30. The Morgan fingerprint density at radius 3 is 1.44 bits per heavy atom. The number of benzene rings is 1. The number of hydrogen-bond acceptors (Lipinski definition) is 8. The molecule has 0 saturated heterocycles. The summed E-state index contributed by atoms with van der Waals surface area (Å²) in [5.41, 5.74) is 0. The fourth-order valence-corrected chi connectivity index (χ4v) is 4.41. The Hall–Kier alpha value is 0.400. The maximum Gasteiger partial charge on any atom is 0.230 e. The highest BCUT2D eigenvalue weighted by atomic mass is 33.1. The van der Waals surface area contributed by atoms with Gasteiger partial charge < -0.3 is 9.47 Å². The second-order valence-corrected chi connectivity index (χ2v) is 8.32. The Kier molecular flexibility index (Phi) is 8.53. The standard InChI is InChI=1S/C10H10O2S6/c1-11-9(13)17-15-7-3-5-8(6-4-7)16-18-10(14)12-2/h3-6H,1-2H3. The number of rotatable bonds is 4. The number of thiocarbonyl (C=S) groups is 2. The molecular formula is C10H10O2S6. The highest BCUT2D eigenvalue weighted by molar-refractivity contribution is 8.84.